The van der Waals surface area contributed by atoms with Crippen LogP contribution in [0.5, 0.6) is 0 Å². The fourth-order valence-electron chi connectivity index (χ4n) is 4.28. The van der Waals surface area contributed by atoms with E-state index in [2.05, 4.69) is 29.6 Å². The Bertz CT molecular complexity index is 592. The molecule has 1 aliphatic carbocycles. The van der Waals surface area contributed by atoms with Gasteiger partial charge in [-0.05, 0) is 43.6 Å². The molecule has 1 N–H and O–H groups in total. The molecule has 2 heterocycles. The summed E-state index contributed by atoms with van der Waals surface area (Å²) in [4.78, 5) is 14.4. The summed E-state index contributed by atoms with van der Waals surface area (Å²) in [5.41, 5.74) is 1.40. The predicted molar refractivity (Wildman–Crippen MR) is 95.3 cm³/mol. The standard InChI is InChI=1S/C20H28N2O3/c1-20(24-11-12-25-20)17-7-9-22(10-8-17)19(23)21-14-16-13-18(16)15-5-3-2-4-6-15/h2-6,16-18H,7-14H2,1H3,(H,21,23). The molecule has 5 heteroatoms. The number of ether oxygens (including phenoxy) is 2. The number of carbonyl (C=O) groups excluding carboxylic acids is 1. The number of hydrogen-bond acceptors (Lipinski definition) is 3. The average Bonchev–Trinajstić information content (AvgIpc) is 3.31. The molecule has 2 unspecified atom stereocenters. The Morgan fingerprint density at radius 3 is 2.56 bits per heavy atom. The molecule has 0 spiro atoms. The second-order valence-electron chi connectivity index (χ2n) is 7.67. The highest BCUT2D eigenvalue weighted by molar-refractivity contribution is 5.74. The Labute approximate surface area is 149 Å². The number of piperidine rings is 1. The lowest BCUT2D eigenvalue weighted by Crippen LogP contribution is -2.49. The van der Waals surface area contributed by atoms with Crippen molar-refractivity contribution in [3.05, 3.63) is 35.9 Å². The quantitative estimate of drug-likeness (QED) is 0.913. The predicted octanol–water partition coefficient (Wildman–Crippen LogP) is 2.97. The first-order chi connectivity index (χ1) is 12.2. The summed E-state index contributed by atoms with van der Waals surface area (Å²) in [5.74, 6) is 1.14. The van der Waals surface area contributed by atoms with Crippen LogP contribution in [0.25, 0.3) is 0 Å². The van der Waals surface area contributed by atoms with E-state index in [1.165, 1.54) is 12.0 Å². The second kappa shape index (κ2) is 6.96. The zero-order valence-corrected chi connectivity index (χ0v) is 14.9. The lowest BCUT2D eigenvalue weighted by Gasteiger charge is -2.39. The molecule has 0 aromatic heterocycles. The summed E-state index contributed by atoms with van der Waals surface area (Å²) in [6.07, 6.45) is 3.07. The van der Waals surface area contributed by atoms with Crippen molar-refractivity contribution in [2.24, 2.45) is 11.8 Å². The largest absolute Gasteiger partial charge is 0.348 e. The number of nitrogens with one attached hydrogen (secondary N) is 1. The van der Waals surface area contributed by atoms with Crippen molar-refractivity contribution in [3.8, 4) is 0 Å². The summed E-state index contributed by atoms with van der Waals surface area (Å²) in [5, 5.41) is 3.13. The zero-order chi connectivity index (χ0) is 17.3. The minimum Gasteiger partial charge on any atom is -0.348 e. The van der Waals surface area contributed by atoms with Crippen molar-refractivity contribution in [2.75, 3.05) is 32.8 Å². The Kier molecular flexibility index (Phi) is 4.69. The Balaban J connectivity index is 1.20. The van der Waals surface area contributed by atoms with Gasteiger partial charge in [0.05, 0.1) is 13.2 Å². The van der Waals surface area contributed by atoms with Gasteiger partial charge in [-0.25, -0.2) is 4.79 Å². The molecular formula is C20H28N2O3. The molecule has 1 aromatic rings. The third-order valence-electron chi connectivity index (χ3n) is 6.05. The molecule has 2 aliphatic heterocycles. The lowest BCUT2D eigenvalue weighted by molar-refractivity contribution is -0.189. The topological polar surface area (TPSA) is 50.8 Å². The van der Waals surface area contributed by atoms with Crippen molar-refractivity contribution in [3.63, 3.8) is 0 Å². The average molecular weight is 344 g/mol. The first-order valence-corrected chi connectivity index (χ1v) is 9.51. The minimum atomic E-state index is -0.445. The summed E-state index contributed by atoms with van der Waals surface area (Å²) in [6, 6.07) is 10.7. The monoisotopic (exact) mass is 344 g/mol. The molecule has 2 atom stereocenters. The van der Waals surface area contributed by atoms with Gasteiger partial charge < -0.3 is 19.7 Å². The van der Waals surface area contributed by atoms with Gasteiger partial charge in [0.25, 0.3) is 0 Å². The van der Waals surface area contributed by atoms with Gasteiger partial charge in [0, 0.05) is 25.6 Å². The fourth-order valence-corrected chi connectivity index (χ4v) is 4.28. The van der Waals surface area contributed by atoms with E-state index < -0.39 is 5.79 Å². The molecule has 0 bridgehead atoms. The lowest BCUT2D eigenvalue weighted by atomic mass is 9.89. The highest BCUT2D eigenvalue weighted by Gasteiger charge is 2.42. The second-order valence-corrected chi connectivity index (χ2v) is 7.67. The van der Waals surface area contributed by atoms with Crippen LogP contribution in [-0.2, 0) is 9.47 Å². The van der Waals surface area contributed by atoms with E-state index in [-0.39, 0.29) is 6.03 Å². The molecule has 0 radical (unpaired) electrons. The summed E-state index contributed by atoms with van der Waals surface area (Å²) < 4.78 is 11.6. The summed E-state index contributed by atoms with van der Waals surface area (Å²) in [7, 11) is 0. The molecule has 5 nitrogen and oxygen atoms in total. The molecular weight excluding hydrogens is 316 g/mol. The van der Waals surface area contributed by atoms with Gasteiger partial charge in [-0.15, -0.1) is 0 Å². The van der Waals surface area contributed by atoms with Gasteiger partial charge in [-0.3, -0.25) is 0 Å². The van der Waals surface area contributed by atoms with Crippen LogP contribution < -0.4 is 5.32 Å². The van der Waals surface area contributed by atoms with Crippen LogP contribution >= 0.6 is 0 Å². The van der Waals surface area contributed by atoms with Crippen molar-refractivity contribution >= 4 is 6.03 Å². The number of rotatable bonds is 4. The number of nitrogens with zero attached hydrogens (tertiary/aromatic N) is 1. The minimum absolute atomic E-state index is 0.0792. The van der Waals surface area contributed by atoms with Crippen LogP contribution in [0.3, 0.4) is 0 Å². The van der Waals surface area contributed by atoms with E-state index >= 15 is 0 Å². The van der Waals surface area contributed by atoms with E-state index in [0.717, 1.165) is 32.5 Å². The molecule has 1 saturated carbocycles. The number of amides is 2. The highest BCUT2D eigenvalue weighted by atomic mass is 16.7. The Morgan fingerprint density at radius 2 is 1.88 bits per heavy atom. The van der Waals surface area contributed by atoms with Gasteiger partial charge >= 0.3 is 6.03 Å². The number of carbonyl (C=O) groups is 1. The van der Waals surface area contributed by atoms with Crippen LogP contribution in [0.15, 0.2) is 30.3 Å². The third kappa shape index (κ3) is 3.67. The van der Waals surface area contributed by atoms with E-state index in [9.17, 15) is 4.79 Å². The van der Waals surface area contributed by atoms with Crippen molar-refractivity contribution in [2.45, 2.75) is 37.9 Å². The molecule has 136 valence electrons. The third-order valence-corrected chi connectivity index (χ3v) is 6.05. The van der Waals surface area contributed by atoms with E-state index in [1.807, 2.05) is 17.9 Å². The maximum absolute atomic E-state index is 12.4. The van der Waals surface area contributed by atoms with Crippen LogP contribution in [-0.4, -0.2) is 49.6 Å². The SMILES string of the molecule is CC1(C2CCN(C(=O)NCC3CC3c3ccccc3)CC2)OCCO1. The number of hydrogen-bond donors (Lipinski definition) is 1. The summed E-state index contributed by atoms with van der Waals surface area (Å²) >= 11 is 0. The van der Waals surface area contributed by atoms with E-state index in [0.29, 0.717) is 31.0 Å². The smallest absolute Gasteiger partial charge is 0.317 e. The molecule has 3 aliphatic rings. The Morgan fingerprint density at radius 1 is 1.20 bits per heavy atom. The molecule has 4 rings (SSSR count). The molecule has 25 heavy (non-hydrogen) atoms. The molecule has 1 aromatic carbocycles. The first-order valence-electron chi connectivity index (χ1n) is 9.51. The van der Waals surface area contributed by atoms with Crippen molar-refractivity contribution < 1.29 is 14.3 Å². The Hall–Kier alpha value is -1.59. The van der Waals surface area contributed by atoms with Crippen LogP contribution in [0.2, 0.25) is 0 Å². The number of urea groups is 1. The van der Waals surface area contributed by atoms with Crippen LogP contribution in [0, 0.1) is 11.8 Å². The first kappa shape index (κ1) is 16.9. The van der Waals surface area contributed by atoms with Gasteiger partial charge in [0.15, 0.2) is 5.79 Å². The number of benzene rings is 1. The summed E-state index contributed by atoms with van der Waals surface area (Å²) in [6.45, 7) is 5.75. The van der Waals surface area contributed by atoms with Crippen LogP contribution in [0.1, 0.15) is 37.7 Å². The van der Waals surface area contributed by atoms with Gasteiger partial charge in [-0.1, -0.05) is 30.3 Å². The van der Waals surface area contributed by atoms with Crippen LogP contribution in [0.4, 0.5) is 4.79 Å². The molecule has 3 fully saturated rings. The highest BCUT2D eigenvalue weighted by Crippen LogP contribution is 2.46. The van der Waals surface area contributed by atoms with E-state index in [4.69, 9.17) is 9.47 Å². The van der Waals surface area contributed by atoms with Gasteiger partial charge in [0.1, 0.15) is 0 Å². The molecule has 2 saturated heterocycles. The van der Waals surface area contributed by atoms with Crippen molar-refractivity contribution in [1.29, 1.82) is 0 Å². The molecule has 2 amide bonds. The normalized spacial score (nSPS) is 28.8. The number of likely N-dealkylation sites (tertiary alicyclic amines) is 1. The van der Waals surface area contributed by atoms with Gasteiger partial charge in [0.2, 0.25) is 0 Å². The maximum atomic E-state index is 12.4. The van der Waals surface area contributed by atoms with E-state index in [1.54, 1.807) is 0 Å². The van der Waals surface area contributed by atoms with Crippen molar-refractivity contribution in [1.82, 2.24) is 10.2 Å². The fraction of sp³-hybridized carbons (Fsp3) is 0.650. The van der Waals surface area contributed by atoms with Gasteiger partial charge in [-0.2, -0.15) is 0 Å². The zero-order valence-electron chi connectivity index (χ0n) is 14.9. The maximum Gasteiger partial charge on any atom is 0.317 e.